The quantitative estimate of drug-likeness (QED) is 0.792. The van der Waals surface area contributed by atoms with Gasteiger partial charge in [-0.1, -0.05) is 11.6 Å². The van der Waals surface area contributed by atoms with Gasteiger partial charge < -0.3 is 10.4 Å². The van der Waals surface area contributed by atoms with Gasteiger partial charge in [-0.15, -0.1) is 0 Å². The molecule has 1 aromatic rings. The molecule has 0 radical (unpaired) electrons. The van der Waals surface area contributed by atoms with Crippen molar-refractivity contribution >= 4 is 17.5 Å². The van der Waals surface area contributed by atoms with Gasteiger partial charge in [-0.2, -0.15) is 0 Å². The maximum Gasteiger partial charge on any atom is 0.251 e. The Bertz CT molecular complexity index is 391. The van der Waals surface area contributed by atoms with Crippen molar-refractivity contribution in [1.29, 1.82) is 0 Å². The topological polar surface area (TPSA) is 62.2 Å². The lowest BCUT2D eigenvalue weighted by atomic mass is 9.98. The first kappa shape index (κ1) is 12.9. The Balaban J connectivity index is 2.81. The van der Waals surface area contributed by atoms with E-state index in [1.54, 1.807) is 26.8 Å². The number of hydrogen-bond donors (Lipinski definition) is 2. The first-order valence-corrected chi connectivity index (χ1v) is 5.33. The lowest BCUT2D eigenvalue weighted by Crippen LogP contribution is -2.50. The summed E-state index contributed by atoms with van der Waals surface area (Å²) in [6.45, 7) is 5.12. The summed E-state index contributed by atoms with van der Waals surface area (Å²) in [6, 6.07) is 3.05. The molecule has 5 heteroatoms. The van der Waals surface area contributed by atoms with Crippen LogP contribution in [0.25, 0.3) is 0 Å². The second kappa shape index (κ2) is 4.80. The number of rotatable bonds is 3. The Kier molecular flexibility index (Phi) is 3.88. The molecular formula is C11H15ClN2O2. The predicted octanol–water partition coefficient (Wildman–Crippen LogP) is 1.62. The highest BCUT2D eigenvalue weighted by Gasteiger charge is 2.26. The van der Waals surface area contributed by atoms with Gasteiger partial charge in [-0.25, -0.2) is 4.98 Å². The van der Waals surface area contributed by atoms with Crippen LogP contribution in [-0.4, -0.2) is 27.6 Å². The Morgan fingerprint density at radius 3 is 2.75 bits per heavy atom. The summed E-state index contributed by atoms with van der Waals surface area (Å²) in [4.78, 5) is 15.6. The Hall–Kier alpha value is -1.13. The van der Waals surface area contributed by atoms with Crippen LogP contribution >= 0.6 is 11.6 Å². The highest BCUT2D eigenvalue weighted by molar-refractivity contribution is 6.29. The van der Waals surface area contributed by atoms with Crippen LogP contribution in [-0.2, 0) is 0 Å². The number of aliphatic hydroxyl groups excluding tert-OH is 1. The SMILES string of the molecule is CC(O)C(C)(C)NC(=O)c1ccnc(Cl)c1. The number of carbonyl (C=O) groups is 1. The fraction of sp³-hybridized carbons (Fsp3) is 0.455. The molecule has 1 unspecified atom stereocenters. The normalized spacial score (nSPS) is 13.3. The third-order valence-electron chi connectivity index (χ3n) is 2.47. The lowest BCUT2D eigenvalue weighted by molar-refractivity contribution is 0.0709. The highest BCUT2D eigenvalue weighted by Crippen LogP contribution is 2.12. The fourth-order valence-corrected chi connectivity index (χ4v) is 1.19. The van der Waals surface area contributed by atoms with Crippen molar-refractivity contribution in [2.45, 2.75) is 32.4 Å². The molecule has 16 heavy (non-hydrogen) atoms. The van der Waals surface area contributed by atoms with Gasteiger partial charge in [-0.3, -0.25) is 4.79 Å². The molecule has 2 N–H and O–H groups in total. The number of amides is 1. The van der Waals surface area contributed by atoms with Crippen molar-refractivity contribution in [3.8, 4) is 0 Å². The van der Waals surface area contributed by atoms with Gasteiger partial charge in [0.15, 0.2) is 0 Å². The zero-order valence-corrected chi connectivity index (χ0v) is 10.2. The largest absolute Gasteiger partial charge is 0.391 e. The molecule has 0 aliphatic carbocycles. The van der Waals surface area contributed by atoms with Crippen LogP contribution < -0.4 is 5.32 Å². The monoisotopic (exact) mass is 242 g/mol. The minimum atomic E-state index is -0.688. The third-order valence-corrected chi connectivity index (χ3v) is 2.68. The van der Waals surface area contributed by atoms with Crippen LogP contribution in [0.4, 0.5) is 0 Å². The molecule has 0 fully saturated rings. The zero-order valence-electron chi connectivity index (χ0n) is 9.49. The van der Waals surface area contributed by atoms with Crippen LogP contribution in [0.2, 0.25) is 5.15 Å². The number of aromatic nitrogens is 1. The molecule has 1 heterocycles. The first-order valence-electron chi connectivity index (χ1n) is 4.95. The molecule has 1 atom stereocenters. The molecule has 0 aliphatic heterocycles. The van der Waals surface area contributed by atoms with Crippen LogP contribution in [0.3, 0.4) is 0 Å². The molecule has 0 spiro atoms. The number of aliphatic hydroxyl groups is 1. The van der Waals surface area contributed by atoms with E-state index in [0.29, 0.717) is 5.56 Å². The van der Waals surface area contributed by atoms with E-state index in [1.165, 1.54) is 12.3 Å². The molecule has 0 aliphatic rings. The van der Waals surface area contributed by atoms with Gasteiger partial charge in [-0.05, 0) is 32.9 Å². The lowest BCUT2D eigenvalue weighted by Gasteiger charge is -2.29. The number of nitrogens with zero attached hydrogens (tertiary/aromatic N) is 1. The van der Waals surface area contributed by atoms with E-state index in [1.807, 2.05) is 0 Å². The van der Waals surface area contributed by atoms with E-state index in [9.17, 15) is 9.90 Å². The molecule has 0 bridgehead atoms. The number of pyridine rings is 1. The highest BCUT2D eigenvalue weighted by atomic mass is 35.5. The van der Waals surface area contributed by atoms with E-state index < -0.39 is 11.6 Å². The number of halogens is 1. The van der Waals surface area contributed by atoms with Crippen molar-refractivity contribution in [3.63, 3.8) is 0 Å². The molecule has 0 saturated carbocycles. The number of hydrogen-bond acceptors (Lipinski definition) is 3. The van der Waals surface area contributed by atoms with Gasteiger partial charge in [0, 0.05) is 11.8 Å². The summed E-state index contributed by atoms with van der Waals surface area (Å²) in [5.74, 6) is -0.282. The molecule has 88 valence electrons. The van der Waals surface area contributed by atoms with Crippen LogP contribution in [0.15, 0.2) is 18.3 Å². The minimum absolute atomic E-state index is 0.266. The zero-order chi connectivity index (χ0) is 12.3. The van der Waals surface area contributed by atoms with Gasteiger partial charge >= 0.3 is 0 Å². The summed E-state index contributed by atoms with van der Waals surface area (Å²) in [5, 5.41) is 12.5. The molecule has 1 aromatic heterocycles. The average molecular weight is 243 g/mol. The molecule has 1 rings (SSSR count). The van der Waals surface area contributed by atoms with E-state index >= 15 is 0 Å². The Morgan fingerprint density at radius 2 is 2.25 bits per heavy atom. The minimum Gasteiger partial charge on any atom is -0.391 e. The summed E-state index contributed by atoms with van der Waals surface area (Å²) >= 11 is 5.68. The van der Waals surface area contributed by atoms with Crippen LogP contribution in [0, 0.1) is 0 Å². The Morgan fingerprint density at radius 1 is 1.62 bits per heavy atom. The summed E-state index contributed by atoms with van der Waals surface area (Å²) in [5.41, 5.74) is -0.263. The van der Waals surface area contributed by atoms with Crippen molar-refractivity contribution < 1.29 is 9.90 Å². The summed E-state index contributed by atoms with van der Waals surface area (Å²) < 4.78 is 0. The van der Waals surface area contributed by atoms with Gasteiger partial charge in [0.1, 0.15) is 5.15 Å². The second-order valence-electron chi connectivity index (χ2n) is 4.22. The van der Waals surface area contributed by atoms with E-state index in [2.05, 4.69) is 10.3 Å². The standard InChI is InChI=1S/C11H15ClN2O2/c1-7(15)11(2,3)14-10(16)8-4-5-13-9(12)6-8/h4-7,15H,1-3H3,(H,14,16). The molecular weight excluding hydrogens is 228 g/mol. The van der Waals surface area contributed by atoms with Crippen molar-refractivity contribution in [3.05, 3.63) is 29.0 Å². The van der Waals surface area contributed by atoms with Gasteiger partial charge in [0.25, 0.3) is 5.91 Å². The van der Waals surface area contributed by atoms with Crippen molar-refractivity contribution in [2.24, 2.45) is 0 Å². The number of nitrogens with one attached hydrogen (secondary N) is 1. The summed E-state index contributed by atoms with van der Waals surface area (Å²) in [7, 11) is 0. The molecule has 0 saturated heterocycles. The first-order chi connectivity index (χ1) is 7.33. The Labute approximate surface area is 99.6 Å². The molecule has 1 amide bonds. The van der Waals surface area contributed by atoms with E-state index in [0.717, 1.165) is 0 Å². The summed E-state index contributed by atoms with van der Waals surface area (Å²) in [6.07, 6.45) is 0.820. The van der Waals surface area contributed by atoms with E-state index in [4.69, 9.17) is 11.6 Å². The fourth-order valence-electron chi connectivity index (χ4n) is 1.01. The van der Waals surface area contributed by atoms with E-state index in [-0.39, 0.29) is 11.1 Å². The van der Waals surface area contributed by atoms with Crippen LogP contribution in [0.5, 0.6) is 0 Å². The smallest absolute Gasteiger partial charge is 0.251 e. The van der Waals surface area contributed by atoms with Crippen molar-refractivity contribution in [2.75, 3.05) is 0 Å². The molecule has 4 nitrogen and oxygen atoms in total. The second-order valence-corrected chi connectivity index (χ2v) is 4.61. The molecule has 0 aromatic carbocycles. The predicted molar refractivity (Wildman–Crippen MR) is 62.5 cm³/mol. The maximum atomic E-state index is 11.8. The van der Waals surface area contributed by atoms with Crippen molar-refractivity contribution in [1.82, 2.24) is 10.3 Å². The van der Waals surface area contributed by atoms with Crippen LogP contribution in [0.1, 0.15) is 31.1 Å². The average Bonchev–Trinajstić information content (AvgIpc) is 2.16. The van der Waals surface area contributed by atoms with Gasteiger partial charge in [0.05, 0.1) is 11.6 Å². The third kappa shape index (κ3) is 3.18. The number of carbonyl (C=O) groups excluding carboxylic acids is 1. The maximum absolute atomic E-state index is 11.8. The van der Waals surface area contributed by atoms with Gasteiger partial charge in [0.2, 0.25) is 0 Å².